The quantitative estimate of drug-likeness (QED) is 0.721. The second kappa shape index (κ2) is 7.51. The standard InChI is InChI=1S/C22H24N4OS/c27-22(23-14-13-20-24-17-10-4-5-12-19(17)28-20)21-16-9-6-11-18(16)26(25-21)15-7-2-1-3-8-15/h1-3,7-8H,4-6,9-14H2,(H,23,27). The minimum Gasteiger partial charge on any atom is -0.350 e. The lowest BCUT2D eigenvalue weighted by Gasteiger charge is -2.06. The Bertz CT molecular complexity index is 982. The second-order valence-electron chi connectivity index (χ2n) is 7.57. The van der Waals surface area contributed by atoms with Gasteiger partial charge in [-0.05, 0) is 57.1 Å². The average molecular weight is 393 g/mol. The van der Waals surface area contributed by atoms with Crippen LogP contribution < -0.4 is 5.32 Å². The van der Waals surface area contributed by atoms with Gasteiger partial charge in [-0.1, -0.05) is 18.2 Å². The van der Waals surface area contributed by atoms with Gasteiger partial charge in [-0.15, -0.1) is 11.3 Å². The first-order valence-corrected chi connectivity index (χ1v) is 11.0. The fraction of sp³-hybridized carbons (Fsp3) is 0.409. The van der Waals surface area contributed by atoms with E-state index in [2.05, 4.69) is 10.4 Å². The lowest BCUT2D eigenvalue weighted by Crippen LogP contribution is -2.27. The second-order valence-corrected chi connectivity index (χ2v) is 8.73. The molecule has 0 radical (unpaired) electrons. The lowest BCUT2D eigenvalue weighted by atomic mass is 10.0. The largest absolute Gasteiger partial charge is 0.350 e. The molecule has 1 amide bonds. The Morgan fingerprint density at radius 2 is 1.93 bits per heavy atom. The zero-order valence-corrected chi connectivity index (χ0v) is 16.7. The summed E-state index contributed by atoms with van der Waals surface area (Å²) in [6, 6.07) is 10.1. The van der Waals surface area contributed by atoms with Crippen LogP contribution in [0.15, 0.2) is 30.3 Å². The van der Waals surface area contributed by atoms with Gasteiger partial charge < -0.3 is 5.32 Å². The number of hydrogen-bond donors (Lipinski definition) is 1. The number of nitrogens with zero attached hydrogens (tertiary/aromatic N) is 3. The molecule has 2 heterocycles. The fourth-order valence-electron chi connectivity index (χ4n) is 4.28. The summed E-state index contributed by atoms with van der Waals surface area (Å²) in [7, 11) is 0. The summed E-state index contributed by atoms with van der Waals surface area (Å²) in [5.41, 5.74) is 5.20. The van der Waals surface area contributed by atoms with Crippen LogP contribution in [0.4, 0.5) is 0 Å². The highest BCUT2D eigenvalue weighted by Gasteiger charge is 2.26. The van der Waals surface area contributed by atoms with Crippen LogP contribution in [0.5, 0.6) is 0 Å². The van der Waals surface area contributed by atoms with Crippen LogP contribution in [0, 0.1) is 0 Å². The molecule has 2 aliphatic rings. The van der Waals surface area contributed by atoms with Gasteiger partial charge in [-0.3, -0.25) is 4.79 Å². The Hall–Kier alpha value is -2.47. The summed E-state index contributed by atoms with van der Waals surface area (Å²) in [6.45, 7) is 0.609. The lowest BCUT2D eigenvalue weighted by molar-refractivity contribution is 0.0948. The summed E-state index contributed by atoms with van der Waals surface area (Å²) in [6.07, 6.45) is 8.61. The third-order valence-electron chi connectivity index (χ3n) is 5.66. The van der Waals surface area contributed by atoms with Crippen molar-refractivity contribution in [2.45, 2.75) is 51.4 Å². The number of aromatic nitrogens is 3. The highest BCUT2D eigenvalue weighted by molar-refractivity contribution is 7.11. The molecule has 5 nitrogen and oxygen atoms in total. The molecule has 2 aliphatic carbocycles. The molecule has 0 atom stereocenters. The van der Waals surface area contributed by atoms with Crippen molar-refractivity contribution in [3.63, 3.8) is 0 Å². The van der Waals surface area contributed by atoms with E-state index in [9.17, 15) is 4.79 Å². The molecule has 1 N–H and O–H groups in total. The van der Waals surface area contributed by atoms with Gasteiger partial charge in [-0.2, -0.15) is 5.10 Å². The summed E-state index contributed by atoms with van der Waals surface area (Å²) >= 11 is 1.82. The molecule has 3 aromatic rings. The summed E-state index contributed by atoms with van der Waals surface area (Å²) in [5, 5.41) is 8.89. The maximum absolute atomic E-state index is 12.8. The smallest absolute Gasteiger partial charge is 0.272 e. The van der Waals surface area contributed by atoms with E-state index in [0.29, 0.717) is 12.2 Å². The number of aryl methyl sites for hydroxylation is 2. The highest BCUT2D eigenvalue weighted by Crippen LogP contribution is 2.28. The van der Waals surface area contributed by atoms with Crippen molar-refractivity contribution in [2.24, 2.45) is 0 Å². The van der Waals surface area contributed by atoms with Crippen molar-refractivity contribution >= 4 is 17.2 Å². The third-order valence-corrected chi connectivity index (χ3v) is 6.88. The van der Waals surface area contributed by atoms with E-state index in [1.807, 2.05) is 46.4 Å². The average Bonchev–Trinajstić information content (AvgIpc) is 3.43. The van der Waals surface area contributed by atoms with Crippen molar-refractivity contribution in [3.05, 3.63) is 62.9 Å². The van der Waals surface area contributed by atoms with Crippen LogP contribution in [0.2, 0.25) is 0 Å². The molecule has 0 spiro atoms. The highest BCUT2D eigenvalue weighted by atomic mass is 32.1. The summed E-state index contributed by atoms with van der Waals surface area (Å²) in [5.74, 6) is -0.0610. The summed E-state index contributed by atoms with van der Waals surface area (Å²) in [4.78, 5) is 19.1. The number of fused-ring (bicyclic) bond motifs is 2. The number of nitrogens with one attached hydrogen (secondary N) is 1. The number of amides is 1. The van der Waals surface area contributed by atoms with Gasteiger partial charge in [0.2, 0.25) is 0 Å². The zero-order valence-electron chi connectivity index (χ0n) is 15.9. The van der Waals surface area contributed by atoms with Crippen molar-refractivity contribution in [3.8, 4) is 5.69 Å². The van der Waals surface area contributed by atoms with Gasteiger partial charge in [0.05, 0.1) is 16.4 Å². The first-order valence-electron chi connectivity index (χ1n) is 10.2. The van der Waals surface area contributed by atoms with Crippen LogP contribution >= 0.6 is 11.3 Å². The van der Waals surface area contributed by atoms with E-state index < -0.39 is 0 Å². The van der Waals surface area contributed by atoms with Gasteiger partial charge in [0.1, 0.15) is 0 Å². The van der Waals surface area contributed by atoms with Crippen LogP contribution in [0.25, 0.3) is 5.69 Å². The molecule has 144 valence electrons. The minimum atomic E-state index is -0.0610. The summed E-state index contributed by atoms with van der Waals surface area (Å²) < 4.78 is 1.95. The van der Waals surface area contributed by atoms with Crippen LogP contribution in [0.3, 0.4) is 0 Å². The van der Waals surface area contributed by atoms with E-state index in [-0.39, 0.29) is 5.91 Å². The molecule has 0 bridgehead atoms. The van der Waals surface area contributed by atoms with Gasteiger partial charge in [-0.25, -0.2) is 9.67 Å². The zero-order chi connectivity index (χ0) is 18.9. The molecular formula is C22H24N4OS. The normalized spacial score (nSPS) is 15.3. The molecular weight excluding hydrogens is 368 g/mol. The first-order chi connectivity index (χ1) is 13.8. The molecule has 0 saturated heterocycles. The number of benzene rings is 1. The van der Waals surface area contributed by atoms with E-state index in [0.717, 1.165) is 48.4 Å². The molecule has 1 aromatic carbocycles. The Labute approximate surface area is 168 Å². The van der Waals surface area contributed by atoms with Crippen LogP contribution in [-0.2, 0) is 32.1 Å². The Morgan fingerprint density at radius 3 is 2.79 bits per heavy atom. The number of para-hydroxylation sites is 1. The monoisotopic (exact) mass is 392 g/mol. The van der Waals surface area contributed by atoms with Crippen molar-refractivity contribution in [2.75, 3.05) is 6.54 Å². The minimum absolute atomic E-state index is 0.0610. The molecule has 5 rings (SSSR count). The van der Waals surface area contributed by atoms with Gasteiger partial charge in [0.25, 0.3) is 5.91 Å². The van der Waals surface area contributed by atoms with Crippen molar-refractivity contribution < 1.29 is 4.79 Å². The fourth-order valence-corrected chi connectivity index (χ4v) is 5.44. The Balaban J connectivity index is 1.29. The molecule has 2 aromatic heterocycles. The predicted molar refractivity (Wildman–Crippen MR) is 110 cm³/mol. The van der Waals surface area contributed by atoms with Crippen LogP contribution in [-0.4, -0.2) is 27.2 Å². The van der Waals surface area contributed by atoms with E-state index >= 15 is 0 Å². The molecule has 0 unspecified atom stereocenters. The van der Waals surface area contributed by atoms with E-state index in [1.165, 1.54) is 35.5 Å². The number of carbonyl (C=O) groups excluding carboxylic acids is 1. The van der Waals surface area contributed by atoms with E-state index in [4.69, 9.17) is 4.98 Å². The van der Waals surface area contributed by atoms with Gasteiger partial charge in [0.15, 0.2) is 5.69 Å². The number of carbonyl (C=O) groups is 1. The maximum atomic E-state index is 12.8. The maximum Gasteiger partial charge on any atom is 0.272 e. The molecule has 0 fully saturated rings. The topological polar surface area (TPSA) is 59.8 Å². The van der Waals surface area contributed by atoms with Crippen LogP contribution in [0.1, 0.15) is 56.6 Å². The first kappa shape index (κ1) is 17.6. The van der Waals surface area contributed by atoms with Gasteiger partial charge >= 0.3 is 0 Å². The Kier molecular flexibility index (Phi) is 4.72. The van der Waals surface area contributed by atoms with Crippen molar-refractivity contribution in [1.29, 1.82) is 0 Å². The number of hydrogen-bond acceptors (Lipinski definition) is 4. The molecule has 0 aliphatic heterocycles. The molecule has 28 heavy (non-hydrogen) atoms. The third kappa shape index (κ3) is 3.26. The number of rotatable bonds is 5. The Morgan fingerprint density at radius 1 is 1.07 bits per heavy atom. The SMILES string of the molecule is O=C(NCCc1nc2c(s1)CCCC2)c1nn(-c2ccccc2)c2c1CCC2. The van der Waals surface area contributed by atoms with Crippen molar-refractivity contribution in [1.82, 2.24) is 20.1 Å². The van der Waals surface area contributed by atoms with E-state index in [1.54, 1.807) is 0 Å². The number of thiazole rings is 1. The van der Waals surface area contributed by atoms with Gasteiger partial charge in [0, 0.05) is 29.1 Å². The molecule has 0 saturated carbocycles. The molecule has 6 heteroatoms. The predicted octanol–water partition coefficient (Wildman–Crippen LogP) is 3.67.